The van der Waals surface area contributed by atoms with E-state index in [0.717, 1.165) is 0 Å². The summed E-state index contributed by atoms with van der Waals surface area (Å²) in [6.07, 6.45) is 1.38. The molecule has 0 aliphatic rings. The number of ether oxygens (including phenoxy) is 1. The average molecular weight is 269 g/mol. The fourth-order valence-electron chi connectivity index (χ4n) is 1.32. The SMILES string of the molecule is CC(Br)Oc1ccc2c(=O)ccoc2c1. The van der Waals surface area contributed by atoms with Crippen LogP contribution in [0, 0.1) is 0 Å². The Bertz CT molecular complexity index is 531. The second-order valence-electron chi connectivity index (χ2n) is 3.10. The van der Waals surface area contributed by atoms with E-state index in [2.05, 4.69) is 15.9 Å². The summed E-state index contributed by atoms with van der Waals surface area (Å²) in [4.78, 5) is 11.4. The van der Waals surface area contributed by atoms with E-state index in [0.29, 0.717) is 16.7 Å². The van der Waals surface area contributed by atoms with E-state index in [1.807, 2.05) is 6.92 Å². The maximum Gasteiger partial charge on any atom is 0.192 e. The summed E-state index contributed by atoms with van der Waals surface area (Å²) in [6, 6.07) is 6.55. The van der Waals surface area contributed by atoms with Crippen LogP contribution in [0.3, 0.4) is 0 Å². The fraction of sp³-hybridized carbons (Fsp3) is 0.182. The van der Waals surface area contributed by atoms with Crippen LogP contribution in [0.2, 0.25) is 0 Å². The number of fused-ring (bicyclic) bond motifs is 1. The summed E-state index contributed by atoms with van der Waals surface area (Å²) < 4.78 is 10.6. The minimum Gasteiger partial charge on any atom is -0.479 e. The molecule has 0 radical (unpaired) electrons. The molecular weight excluding hydrogens is 260 g/mol. The highest BCUT2D eigenvalue weighted by molar-refractivity contribution is 9.09. The zero-order valence-electron chi connectivity index (χ0n) is 8.07. The number of hydrogen-bond donors (Lipinski definition) is 0. The van der Waals surface area contributed by atoms with Crippen LogP contribution in [0.4, 0.5) is 0 Å². The van der Waals surface area contributed by atoms with Gasteiger partial charge in [-0.25, -0.2) is 0 Å². The molecule has 0 amide bonds. The van der Waals surface area contributed by atoms with Gasteiger partial charge in [-0.05, 0) is 35.0 Å². The molecule has 15 heavy (non-hydrogen) atoms. The Balaban J connectivity index is 2.52. The minimum absolute atomic E-state index is 0.0466. The Morgan fingerprint density at radius 3 is 2.93 bits per heavy atom. The molecular formula is C11H9BrO3. The second-order valence-corrected chi connectivity index (χ2v) is 4.39. The van der Waals surface area contributed by atoms with Crippen molar-refractivity contribution in [2.75, 3.05) is 0 Å². The lowest BCUT2D eigenvalue weighted by Crippen LogP contribution is -2.02. The lowest BCUT2D eigenvalue weighted by molar-refractivity contribution is 0.314. The van der Waals surface area contributed by atoms with Gasteiger partial charge >= 0.3 is 0 Å². The van der Waals surface area contributed by atoms with Gasteiger partial charge in [0.25, 0.3) is 0 Å². The van der Waals surface area contributed by atoms with Crippen LogP contribution in [0.5, 0.6) is 5.75 Å². The Kier molecular flexibility index (Phi) is 2.77. The molecule has 0 aliphatic heterocycles. The smallest absolute Gasteiger partial charge is 0.192 e. The van der Waals surface area contributed by atoms with Crippen molar-refractivity contribution < 1.29 is 9.15 Å². The second kappa shape index (κ2) is 4.06. The van der Waals surface area contributed by atoms with Crippen LogP contribution < -0.4 is 10.2 Å². The van der Waals surface area contributed by atoms with Crippen molar-refractivity contribution in [3.05, 3.63) is 40.8 Å². The Labute approximate surface area is 94.8 Å². The van der Waals surface area contributed by atoms with E-state index in [1.165, 1.54) is 12.3 Å². The normalized spacial score (nSPS) is 12.7. The van der Waals surface area contributed by atoms with Crippen LogP contribution in [0.15, 0.2) is 39.7 Å². The molecule has 4 heteroatoms. The number of alkyl halides is 1. The summed E-state index contributed by atoms with van der Waals surface area (Å²) >= 11 is 3.28. The quantitative estimate of drug-likeness (QED) is 0.787. The molecule has 0 bridgehead atoms. The number of rotatable bonds is 2. The van der Waals surface area contributed by atoms with E-state index in [4.69, 9.17) is 9.15 Å². The lowest BCUT2D eigenvalue weighted by Gasteiger charge is -2.07. The largest absolute Gasteiger partial charge is 0.479 e. The van der Waals surface area contributed by atoms with Crippen LogP contribution in [0.25, 0.3) is 11.0 Å². The zero-order valence-corrected chi connectivity index (χ0v) is 9.65. The first-order valence-electron chi connectivity index (χ1n) is 4.49. The first-order valence-corrected chi connectivity index (χ1v) is 5.41. The molecule has 0 spiro atoms. The van der Waals surface area contributed by atoms with Crippen molar-refractivity contribution in [1.82, 2.24) is 0 Å². The van der Waals surface area contributed by atoms with Gasteiger partial charge in [0.15, 0.2) is 10.4 Å². The van der Waals surface area contributed by atoms with Crippen molar-refractivity contribution in [3.8, 4) is 5.75 Å². The molecule has 0 fully saturated rings. The molecule has 78 valence electrons. The minimum atomic E-state index is -0.0783. The van der Waals surface area contributed by atoms with E-state index in [1.54, 1.807) is 18.2 Å². The van der Waals surface area contributed by atoms with E-state index in [9.17, 15) is 4.79 Å². The third-order valence-corrected chi connectivity index (χ3v) is 2.12. The number of benzene rings is 1. The van der Waals surface area contributed by atoms with Crippen LogP contribution in [-0.4, -0.2) is 5.01 Å². The molecule has 1 aromatic heterocycles. The van der Waals surface area contributed by atoms with Gasteiger partial charge in [-0.3, -0.25) is 4.79 Å². The first kappa shape index (κ1) is 10.2. The average Bonchev–Trinajstić information content (AvgIpc) is 2.17. The van der Waals surface area contributed by atoms with Gasteiger partial charge in [0.05, 0.1) is 11.6 Å². The Morgan fingerprint density at radius 1 is 1.40 bits per heavy atom. The highest BCUT2D eigenvalue weighted by Crippen LogP contribution is 2.20. The maximum absolute atomic E-state index is 11.4. The molecule has 1 unspecified atom stereocenters. The summed E-state index contributed by atoms with van der Waals surface area (Å²) in [5, 5.41) is 0.484. The van der Waals surface area contributed by atoms with Gasteiger partial charge in [-0.1, -0.05) is 0 Å². The van der Waals surface area contributed by atoms with Crippen molar-refractivity contribution >= 4 is 26.9 Å². The molecule has 0 N–H and O–H groups in total. The molecule has 2 rings (SSSR count). The van der Waals surface area contributed by atoms with E-state index in [-0.39, 0.29) is 10.4 Å². The Hall–Kier alpha value is -1.29. The molecule has 0 saturated carbocycles. The van der Waals surface area contributed by atoms with E-state index >= 15 is 0 Å². The molecule has 3 nitrogen and oxygen atoms in total. The Morgan fingerprint density at radius 2 is 2.20 bits per heavy atom. The third-order valence-electron chi connectivity index (χ3n) is 1.93. The van der Waals surface area contributed by atoms with Gasteiger partial charge in [0, 0.05) is 12.1 Å². The topological polar surface area (TPSA) is 39.4 Å². The summed E-state index contributed by atoms with van der Waals surface area (Å²) in [5.74, 6) is 0.668. The zero-order chi connectivity index (χ0) is 10.8. The summed E-state index contributed by atoms with van der Waals surface area (Å²) in [5.41, 5.74) is 0.489. The van der Waals surface area contributed by atoms with Crippen molar-refractivity contribution in [1.29, 1.82) is 0 Å². The highest BCUT2D eigenvalue weighted by atomic mass is 79.9. The lowest BCUT2D eigenvalue weighted by atomic mass is 10.2. The monoisotopic (exact) mass is 268 g/mol. The molecule has 0 aliphatic carbocycles. The number of hydrogen-bond acceptors (Lipinski definition) is 3. The standard InChI is InChI=1S/C11H9BrO3/c1-7(12)15-8-2-3-9-10(13)4-5-14-11(9)6-8/h2-7H,1H3. The predicted molar refractivity (Wildman–Crippen MR) is 61.5 cm³/mol. The van der Waals surface area contributed by atoms with Gasteiger partial charge in [-0.2, -0.15) is 0 Å². The summed E-state index contributed by atoms with van der Waals surface area (Å²) in [7, 11) is 0. The van der Waals surface area contributed by atoms with Gasteiger partial charge in [0.1, 0.15) is 11.3 Å². The first-order chi connectivity index (χ1) is 7.16. The molecule has 1 heterocycles. The van der Waals surface area contributed by atoms with Gasteiger partial charge in [0.2, 0.25) is 0 Å². The molecule has 1 atom stereocenters. The van der Waals surface area contributed by atoms with Gasteiger partial charge in [-0.15, -0.1) is 0 Å². The van der Waals surface area contributed by atoms with Crippen molar-refractivity contribution in [3.63, 3.8) is 0 Å². The third kappa shape index (κ3) is 2.21. The maximum atomic E-state index is 11.4. The van der Waals surface area contributed by atoms with Crippen molar-refractivity contribution in [2.24, 2.45) is 0 Å². The fourth-order valence-corrected chi connectivity index (χ4v) is 1.54. The van der Waals surface area contributed by atoms with E-state index < -0.39 is 0 Å². The van der Waals surface area contributed by atoms with Gasteiger partial charge < -0.3 is 9.15 Å². The molecule has 0 saturated heterocycles. The highest BCUT2D eigenvalue weighted by Gasteiger charge is 2.03. The molecule has 1 aromatic carbocycles. The number of halogens is 1. The predicted octanol–water partition coefficient (Wildman–Crippen LogP) is 2.91. The van der Waals surface area contributed by atoms with Crippen LogP contribution in [-0.2, 0) is 0 Å². The van der Waals surface area contributed by atoms with Crippen LogP contribution >= 0.6 is 15.9 Å². The summed E-state index contributed by atoms with van der Waals surface area (Å²) in [6.45, 7) is 1.87. The van der Waals surface area contributed by atoms with Crippen molar-refractivity contribution in [2.45, 2.75) is 11.9 Å². The van der Waals surface area contributed by atoms with Crippen LogP contribution in [0.1, 0.15) is 6.92 Å². The molecule has 2 aromatic rings.